The minimum Gasteiger partial charge on any atom is -0.312 e. The summed E-state index contributed by atoms with van der Waals surface area (Å²) in [4.78, 5) is 14.4. The summed E-state index contributed by atoms with van der Waals surface area (Å²) in [7, 11) is -3.78. The van der Waals surface area contributed by atoms with Crippen molar-refractivity contribution in [2.24, 2.45) is 0 Å². The molecule has 6 heteroatoms. The number of benzene rings is 3. The van der Waals surface area contributed by atoms with Gasteiger partial charge in [-0.25, -0.2) is 8.42 Å². The number of amides is 1. The lowest BCUT2D eigenvalue weighted by Crippen LogP contribution is -2.39. The van der Waals surface area contributed by atoms with Crippen LogP contribution in [0.1, 0.15) is 41.1 Å². The third kappa shape index (κ3) is 3.77. The van der Waals surface area contributed by atoms with E-state index in [4.69, 9.17) is 0 Å². The second-order valence-corrected chi connectivity index (χ2v) is 9.83. The van der Waals surface area contributed by atoms with E-state index in [1.807, 2.05) is 65.6 Å². The molecule has 2 heterocycles. The molecule has 0 aliphatic carbocycles. The van der Waals surface area contributed by atoms with Gasteiger partial charge < -0.3 is 4.90 Å². The summed E-state index contributed by atoms with van der Waals surface area (Å²) in [5.41, 5.74) is 4.60. The molecule has 0 fully saturated rings. The summed E-state index contributed by atoms with van der Waals surface area (Å²) < 4.78 is 30.0. The van der Waals surface area contributed by atoms with Crippen LogP contribution >= 0.6 is 0 Å². The average molecular weight is 433 g/mol. The fraction of sp³-hybridized carbons (Fsp3) is 0.240. The first-order valence-corrected chi connectivity index (χ1v) is 12.1. The number of nitrogens with zero attached hydrogens (tertiary/aromatic N) is 1. The van der Waals surface area contributed by atoms with E-state index in [2.05, 4.69) is 4.72 Å². The minimum atomic E-state index is -3.78. The van der Waals surface area contributed by atoms with Crippen molar-refractivity contribution in [1.82, 2.24) is 4.72 Å². The fourth-order valence-electron chi connectivity index (χ4n) is 4.62. The van der Waals surface area contributed by atoms with Gasteiger partial charge in [-0.2, -0.15) is 4.72 Å². The van der Waals surface area contributed by atoms with Crippen LogP contribution in [-0.4, -0.2) is 20.9 Å². The maximum Gasteiger partial charge on any atom is 0.241 e. The Morgan fingerprint density at radius 1 is 0.806 bits per heavy atom. The van der Waals surface area contributed by atoms with Crippen LogP contribution in [0.4, 0.5) is 5.69 Å². The first-order chi connectivity index (χ1) is 15.0. The second kappa shape index (κ2) is 7.94. The van der Waals surface area contributed by atoms with Gasteiger partial charge in [0.05, 0.1) is 16.6 Å². The zero-order valence-electron chi connectivity index (χ0n) is 17.1. The molecule has 3 aromatic carbocycles. The summed E-state index contributed by atoms with van der Waals surface area (Å²) in [6.07, 6.45) is 2.66. The topological polar surface area (TPSA) is 66.5 Å². The Kier molecular flexibility index (Phi) is 5.12. The first-order valence-electron chi connectivity index (χ1n) is 10.6. The van der Waals surface area contributed by atoms with Crippen LogP contribution in [0.2, 0.25) is 0 Å². The number of rotatable bonds is 5. The highest BCUT2D eigenvalue weighted by Gasteiger charge is 2.32. The molecule has 2 aliphatic heterocycles. The molecule has 1 amide bonds. The molecule has 0 radical (unpaired) electrons. The molecule has 0 saturated heterocycles. The Labute approximate surface area is 182 Å². The first kappa shape index (κ1) is 20.0. The van der Waals surface area contributed by atoms with Crippen molar-refractivity contribution in [3.8, 4) is 0 Å². The van der Waals surface area contributed by atoms with E-state index in [1.165, 1.54) is 0 Å². The molecule has 0 atom stereocenters. The van der Waals surface area contributed by atoms with Crippen LogP contribution in [0.25, 0.3) is 0 Å². The zero-order chi connectivity index (χ0) is 21.4. The van der Waals surface area contributed by atoms with E-state index in [1.54, 1.807) is 12.1 Å². The van der Waals surface area contributed by atoms with Crippen molar-refractivity contribution in [2.45, 2.75) is 36.6 Å². The SMILES string of the molecule is O=C1CCc2cc(S(=O)(=O)NC(c3ccccc3)c3ccccc3)cc3c2N1CCC3. The van der Waals surface area contributed by atoms with Crippen molar-refractivity contribution in [3.63, 3.8) is 0 Å². The molecular formula is C25H24N2O3S. The molecule has 5 rings (SSSR count). The molecule has 3 aromatic rings. The van der Waals surface area contributed by atoms with Gasteiger partial charge in [-0.15, -0.1) is 0 Å². The summed E-state index contributed by atoms with van der Waals surface area (Å²) >= 11 is 0. The van der Waals surface area contributed by atoms with Crippen LogP contribution in [-0.2, 0) is 27.7 Å². The molecule has 0 saturated carbocycles. The van der Waals surface area contributed by atoms with E-state index in [0.717, 1.165) is 40.8 Å². The van der Waals surface area contributed by atoms with E-state index in [9.17, 15) is 13.2 Å². The largest absolute Gasteiger partial charge is 0.312 e. The minimum absolute atomic E-state index is 0.135. The van der Waals surface area contributed by atoms with Crippen LogP contribution in [0.5, 0.6) is 0 Å². The van der Waals surface area contributed by atoms with Gasteiger partial charge >= 0.3 is 0 Å². The Morgan fingerprint density at radius 3 is 2.00 bits per heavy atom. The summed E-state index contributed by atoms with van der Waals surface area (Å²) in [6.45, 7) is 0.716. The van der Waals surface area contributed by atoms with Crippen molar-refractivity contribution < 1.29 is 13.2 Å². The maximum absolute atomic E-state index is 13.5. The molecule has 31 heavy (non-hydrogen) atoms. The quantitative estimate of drug-likeness (QED) is 0.663. The predicted molar refractivity (Wildman–Crippen MR) is 120 cm³/mol. The molecular weight excluding hydrogens is 408 g/mol. The number of carbonyl (C=O) groups excluding carboxylic acids is 1. The molecule has 0 bridgehead atoms. The number of anilines is 1. The van der Waals surface area contributed by atoms with E-state index in [0.29, 0.717) is 19.4 Å². The van der Waals surface area contributed by atoms with E-state index >= 15 is 0 Å². The molecule has 2 aliphatic rings. The number of carbonyl (C=O) groups is 1. The zero-order valence-corrected chi connectivity index (χ0v) is 17.9. The molecule has 0 unspecified atom stereocenters. The number of sulfonamides is 1. The van der Waals surface area contributed by atoms with Crippen molar-refractivity contribution in [1.29, 1.82) is 0 Å². The predicted octanol–water partition coefficient (Wildman–Crippen LogP) is 3.98. The summed E-state index contributed by atoms with van der Waals surface area (Å²) in [5, 5.41) is 0. The lowest BCUT2D eigenvalue weighted by atomic mass is 9.92. The fourth-order valence-corrected chi connectivity index (χ4v) is 5.93. The van der Waals surface area contributed by atoms with Gasteiger partial charge in [-0.1, -0.05) is 60.7 Å². The Balaban J connectivity index is 1.55. The molecule has 0 spiro atoms. The molecule has 158 valence electrons. The molecule has 5 nitrogen and oxygen atoms in total. The third-order valence-corrected chi connectivity index (χ3v) is 7.50. The van der Waals surface area contributed by atoms with E-state index in [-0.39, 0.29) is 10.8 Å². The highest BCUT2D eigenvalue weighted by Crippen LogP contribution is 2.38. The monoisotopic (exact) mass is 432 g/mol. The van der Waals surface area contributed by atoms with Gasteiger partial charge in [0.15, 0.2) is 0 Å². The molecule has 1 N–H and O–H groups in total. The van der Waals surface area contributed by atoms with Gasteiger partial charge in [0.25, 0.3) is 0 Å². The van der Waals surface area contributed by atoms with Crippen LogP contribution in [0.3, 0.4) is 0 Å². The number of hydrogen-bond acceptors (Lipinski definition) is 3. The van der Waals surface area contributed by atoms with E-state index < -0.39 is 16.1 Å². The lowest BCUT2D eigenvalue weighted by molar-refractivity contribution is -0.119. The van der Waals surface area contributed by atoms with Crippen LogP contribution < -0.4 is 9.62 Å². The van der Waals surface area contributed by atoms with Crippen molar-refractivity contribution in [3.05, 3.63) is 95.1 Å². The van der Waals surface area contributed by atoms with Gasteiger partial charge in [0, 0.05) is 13.0 Å². The van der Waals surface area contributed by atoms with Gasteiger partial charge in [-0.3, -0.25) is 4.79 Å². The van der Waals surface area contributed by atoms with Crippen molar-refractivity contribution >= 4 is 21.6 Å². The highest BCUT2D eigenvalue weighted by atomic mass is 32.2. The van der Waals surface area contributed by atoms with Crippen LogP contribution in [0, 0.1) is 0 Å². The number of hydrogen-bond donors (Lipinski definition) is 1. The van der Waals surface area contributed by atoms with Crippen molar-refractivity contribution in [2.75, 3.05) is 11.4 Å². The van der Waals surface area contributed by atoms with Gasteiger partial charge in [-0.05, 0) is 53.6 Å². The smallest absolute Gasteiger partial charge is 0.241 e. The summed E-state index contributed by atoms with van der Waals surface area (Å²) in [6, 6.07) is 22.2. The Hall–Kier alpha value is -2.96. The van der Waals surface area contributed by atoms with Gasteiger partial charge in [0.1, 0.15) is 0 Å². The van der Waals surface area contributed by atoms with Gasteiger partial charge in [0.2, 0.25) is 15.9 Å². The molecule has 0 aromatic heterocycles. The maximum atomic E-state index is 13.5. The highest BCUT2D eigenvalue weighted by molar-refractivity contribution is 7.89. The normalized spacial score (nSPS) is 15.8. The lowest BCUT2D eigenvalue weighted by Gasteiger charge is -2.35. The Bertz CT molecular complexity index is 1170. The Morgan fingerprint density at radius 2 is 1.39 bits per heavy atom. The van der Waals surface area contributed by atoms with Crippen LogP contribution in [0.15, 0.2) is 77.7 Å². The number of nitrogens with one attached hydrogen (secondary N) is 1. The second-order valence-electron chi connectivity index (χ2n) is 8.11. The third-order valence-electron chi connectivity index (χ3n) is 6.10. The number of aryl methyl sites for hydroxylation is 2. The standard InChI is InChI=1S/C25H24N2O3S/c28-23-14-13-21-17-22(16-20-12-7-15-27(23)25(20)21)31(29,30)26-24(18-8-3-1-4-9-18)19-10-5-2-6-11-19/h1-6,8-11,16-17,24,26H,7,12-15H2. The average Bonchev–Trinajstić information content (AvgIpc) is 2.81. The summed E-state index contributed by atoms with van der Waals surface area (Å²) in [5.74, 6) is 0.135.